The Morgan fingerprint density at radius 3 is 2.61 bits per heavy atom. The molecule has 0 spiro atoms. The van der Waals surface area contributed by atoms with E-state index in [4.69, 9.17) is 0 Å². The smallest absolute Gasteiger partial charge is 0.471 e. The second-order valence-electron chi connectivity index (χ2n) is 4.29. The van der Waals surface area contributed by atoms with Crippen molar-refractivity contribution in [2.45, 2.75) is 18.5 Å². The molecule has 1 heterocycles. The fourth-order valence-electron chi connectivity index (χ4n) is 2.21. The van der Waals surface area contributed by atoms with Crippen LogP contribution in [0.1, 0.15) is 17.9 Å². The monoisotopic (exact) mass is 259 g/mol. The summed E-state index contributed by atoms with van der Waals surface area (Å²) >= 11 is 0. The lowest BCUT2D eigenvalue weighted by Crippen LogP contribution is -2.39. The van der Waals surface area contributed by atoms with Gasteiger partial charge < -0.3 is 10.0 Å². The molecule has 1 N–H and O–H groups in total. The summed E-state index contributed by atoms with van der Waals surface area (Å²) in [5.74, 6) is -1.98. The van der Waals surface area contributed by atoms with Crippen LogP contribution in [0.15, 0.2) is 24.3 Å². The Bertz CT molecular complexity index is 459. The average molecular weight is 259 g/mol. The zero-order valence-corrected chi connectivity index (χ0v) is 9.44. The van der Waals surface area contributed by atoms with Crippen molar-refractivity contribution >= 4 is 5.91 Å². The number of rotatable bonds is 1. The molecular weight excluding hydrogens is 247 g/mol. The Morgan fingerprint density at radius 2 is 2.00 bits per heavy atom. The molecule has 18 heavy (non-hydrogen) atoms. The number of para-hydroxylation sites is 1. The zero-order chi connectivity index (χ0) is 13.3. The Hall–Kier alpha value is -1.72. The largest absolute Gasteiger partial charge is 0.508 e. The topological polar surface area (TPSA) is 40.5 Å². The van der Waals surface area contributed by atoms with Crippen molar-refractivity contribution in [3.8, 4) is 5.75 Å². The van der Waals surface area contributed by atoms with Gasteiger partial charge in [-0.25, -0.2) is 0 Å². The summed E-state index contributed by atoms with van der Waals surface area (Å²) in [7, 11) is 0. The highest BCUT2D eigenvalue weighted by Crippen LogP contribution is 2.34. The molecule has 0 radical (unpaired) electrons. The highest BCUT2D eigenvalue weighted by Gasteiger charge is 2.44. The molecule has 1 aromatic rings. The number of hydrogen-bond donors (Lipinski definition) is 1. The number of phenolic OH excluding ortho intramolecular Hbond substituents is 1. The predicted octanol–water partition coefficient (Wildman–Crippen LogP) is 2.27. The predicted molar refractivity (Wildman–Crippen MR) is 58.1 cm³/mol. The molecule has 0 aromatic heterocycles. The number of carbonyl (C=O) groups excluding carboxylic acids is 1. The van der Waals surface area contributed by atoms with E-state index in [2.05, 4.69) is 0 Å². The lowest BCUT2D eigenvalue weighted by Gasteiger charge is -2.18. The number of nitrogens with zero attached hydrogens (tertiary/aromatic N) is 1. The van der Waals surface area contributed by atoms with Crippen molar-refractivity contribution in [1.29, 1.82) is 0 Å². The van der Waals surface area contributed by atoms with Gasteiger partial charge in [0.05, 0.1) is 0 Å². The number of carbonyl (C=O) groups is 1. The molecule has 1 aliphatic heterocycles. The number of alkyl halides is 3. The fourth-order valence-corrected chi connectivity index (χ4v) is 2.21. The van der Waals surface area contributed by atoms with E-state index in [9.17, 15) is 23.1 Å². The molecule has 1 saturated heterocycles. The molecule has 6 heteroatoms. The van der Waals surface area contributed by atoms with E-state index < -0.39 is 12.1 Å². The molecule has 1 aromatic carbocycles. The minimum atomic E-state index is -4.83. The lowest BCUT2D eigenvalue weighted by molar-refractivity contribution is -0.184. The van der Waals surface area contributed by atoms with Gasteiger partial charge in [-0.1, -0.05) is 18.2 Å². The number of benzene rings is 1. The summed E-state index contributed by atoms with van der Waals surface area (Å²) in [5, 5.41) is 9.63. The standard InChI is InChI=1S/C12H12F3NO2/c13-12(14,15)11(18)16-6-5-8(7-16)9-3-1-2-4-10(9)17/h1-4,8,17H,5-7H2. The van der Waals surface area contributed by atoms with Crippen LogP contribution in [0.2, 0.25) is 0 Å². The van der Waals surface area contributed by atoms with Crippen LogP contribution in [0.3, 0.4) is 0 Å². The minimum absolute atomic E-state index is 0.00405. The van der Waals surface area contributed by atoms with Crippen molar-refractivity contribution in [2.24, 2.45) is 0 Å². The molecule has 3 nitrogen and oxygen atoms in total. The molecule has 1 unspecified atom stereocenters. The molecule has 1 atom stereocenters. The number of phenols is 1. The molecule has 0 bridgehead atoms. The third-order valence-corrected chi connectivity index (χ3v) is 3.09. The zero-order valence-electron chi connectivity index (χ0n) is 9.44. The summed E-state index contributed by atoms with van der Waals surface area (Å²) in [4.78, 5) is 11.9. The van der Waals surface area contributed by atoms with Gasteiger partial charge in [0.1, 0.15) is 5.75 Å². The van der Waals surface area contributed by atoms with Crippen LogP contribution >= 0.6 is 0 Å². The van der Waals surface area contributed by atoms with Crippen LogP contribution in [0.25, 0.3) is 0 Å². The Kier molecular flexibility index (Phi) is 3.19. The Balaban J connectivity index is 2.10. The van der Waals surface area contributed by atoms with Crippen molar-refractivity contribution in [3.63, 3.8) is 0 Å². The Labute approximate surface area is 102 Å². The average Bonchev–Trinajstić information content (AvgIpc) is 2.76. The van der Waals surface area contributed by atoms with E-state index >= 15 is 0 Å². The maximum Gasteiger partial charge on any atom is 0.471 e. The van der Waals surface area contributed by atoms with Gasteiger partial charge in [0, 0.05) is 19.0 Å². The van der Waals surface area contributed by atoms with Gasteiger partial charge in [0.25, 0.3) is 0 Å². The molecule has 0 aliphatic carbocycles. The van der Waals surface area contributed by atoms with Crippen molar-refractivity contribution in [3.05, 3.63) is 29.8 Å². The number of hydrogen-bond acceptors (Lipinski definition) is 2. The molecule has 1 fully saturated rings. The van der Waals surface area contributed by atoms with Crippen LogP contribution in [-0.4, -0.2) is 35.2 Å². The summed E-state index contributed by atoms with van der Waals surface area (Å²) < 4.78 is 36.8. The first-order valence-electron chi connectivity index (χ1n) is 5.53. The van der Waals surface area contributed by atoms with E-state index in [0.29, 0.717) is 12.0 Å². The van der Waals surface area contributed by atoms with Gasteiger partial charge in [-0.3, -0.25) is 4.79 Å². The highest BCUT2D eigenvalue weighted by atomic mass is 19.4. The summed E-state index contributed by atoms with van der Waals surface area (Å²) in [6.45, 7) is 0.0628. The molecular formula is C12H12F3NO2. The van der Waals surface area contributed by atoms with Gasteiger partial charge in [0.15, 0.2) is 0 Å². The van der Waals surface area contributed by atoms with Gasteiger partial charge in [0.2, 0.25) is 0 Å². The summed E-state index contributed by atoms with van der Waals surface area (Å²) in [5.41, 5.74) is 0.593. The van der Waals surface area contributed by atoms with E-state index in [1.165, 1.54) is 6.07 Å². The van der Waals surface area contributed by atoms with Gasteiger partial charge in [-0.15, -0.1) is 0 Å². The first kappa shape index (κ1) is 12.7. The van der Waals surface area contributed by atoms with Gasteiger partial charge in [-0.2, -0.15) is 13.2 Å². The van der Waals surface area contributed by atoms with Crippen LogP contribution in [0.5, 0.6) is 5.75 Å². The second kappa shape index (κ2) is 4.51. The maximum atomic E-state index is 12.3. The van der Waals surface area contributed by atoms with Crippen molar-refractivity contribution in [1.82, 2.24) is 4.90 Å². The van der Waals surface area contributed by atoms with E-state index in [-0.39, 0.29) is 24.8 Å². The normalized spacial score (nSPS) is 20.2. The third-order valence-electron chi connectivity index (χ3n) is 3.09. The van der Waals surface area contributed by atoms with Crippen LogP contribution in [-0.2, 0) is 4.79 Å². The van der Waals surface area contributed by atoms with E-state index in [1.807, 2.05) is 0 Å². The van der Waals surface area contributed by atoms with E-state index in [0.717, 1.165) is 4.90 Å². The number of likely N-dealkylation sites (tertiary alicyclic amines) is 1. The molecule has 1 aliphatic rings. The van der Waals surface area contributed by atoms with Crippen molar-refractivity contribution < 1.29 is 23.1 Å². The maximum absolute atomic E-state index is 12.3. The molecule has 2 rings (SSSR count). The van der Waals surface area contributed by atoms with Crippen LogP contribution < -0.4 is 0 Å². The highest BCUT2D eigenvalue weighted by molar-refractivity contribution is 5.82. The third kappa shape index (κ3) is 2.42. The van der Waals surface area contributed by atoms with Crippen LogP contribution in [0.4, 0.5) is 13.2 Å². The lowest BCUT2D eigenvalue weighted by atomic mass is 9.97. The summed E-state index contributed by atoms with van der Waals surface area (Å²) in [6, 6.07) is 6.51. The molecule has 0 saturated carbocycles. The minimum Gasteiger partial charge on any atom is -0.508 e. The summed E-state index contributed by atoms with van der Waals surface area (Å²) in [6.07, 6.45) is -4.40. The number of aromatic hydroxyl groups is 1. The van der Waals surface area contributed by atoms with Crippen molar-refractivity contribution in [2.75, 3.05) is 13.1 Å². The second-order valence-corrected chi connectivity index (χ2v) is 4.29. The number of amides is 1. The Morgan fingerprint density at radius 1 is 1.33 bits per heavy atom. The van der Waals surface area contributed by atoms with Gasteiger partial charge >= 0.3 is 12.1 Å². The SMILES string of the molecule is O=C(N1CCC(c2ccccc2O)C1)C(F)(F)F. The fraction of sp³-hybridized carbons (Fsp3) is 0.417. The number of halogens is 3. The first-order chi connectivity index (χ1) is 8.39. The van der Waals surface area contributed by atoms with Gasteiger partial charge in [-0.05, 0) is 18.1 Å². The molecule has 98 valence electrons. The quantitative estimate of drug-likeness (QED) is 0.840. The van der Waals surface area contributed by atoms with E-state index in [1.54, 1.807) is 18.2 Å². The molecule has 1 amide bonds. The first-order valence-corrected chi connectivity index (χ1v) is 5.53. The van der Waals surface area contributed by atoms with Crippen LogP contribution in [0, 0.1) is 0 Å².